The lowest BCUT2D eigenvalue weighted by atomic mass is 10.2. The Morgan fingerprint density at radius 2 is 1.90 bits per heavy atom. The van der Waals surface area contributed by atoms with Gasteiger partial charge in [-0.1, -0.05) is 41.6 Å². The first-order chi connectivity index (χ1) is 10.2. The Morgan fingerprint density at radius 3 is 2.67 bits per heavy atom. The first-order valence-electron chi connectivity index (χ1n) is 6.42. The summed E-state index contributed by atoms with van der Waals surface area (Å²) in [6, 6.07) is 11.9. The fraction of sp³-hybridized carbons (Fsp3) is 0.176. The maximum absolute atomic E-state index is 13.7. The van der Waals surface area contributed by atoms with E-state index in [0.29, 0.717) is 28.6 Å². The van der Waals surface area contributed by atoms with Gasteiger partial charge in [0.15, 0.2) is 0 Å². The summed E-state index contributed by atoms with van der Waals surface area (Å²) in [6.45, 7) is 0.0553. The average Bonchev–Trinajstić information content (AvgIpc) is 2.48. The Kier molecular flexibility index (Phi) is 5.92. The molecule has 0 unspecified atom stereocenters. The molecule has 0 saturated carbocycles. The van der Waals surface area contributed by atoms with Gasteiger partial charge in [0.05, 0.1) is 10.6 Å². The number of benzene rings is 2. The van der Waals surface area contributed by atoms with Crippen molar-refractivity contribution >= 4 is 23.2 Å². The van der Waals surface area contributed by atoms with Crippen molar-refractivity contribution < 1.29 is 9.13 Å². The molecule has 0 saturated heterocycles. The Balaban J connectivity index is 2.16. The van der Waals surface area contributed by atoms with Gasteiger partial charge in [0.2, 0.25) is 0 Å². The molecule has 0 bridgehead atoms. The fourth-order valence-corrected chi connectivity index (χ4v) is 2.03. The topological polar surface area (TPSA) is 9.23 Å². The molecule has 0 fully saturated rings. The van der Waals surface area contributed by atoms with Crippen molar-refractivity contribution in [3.63, 3.8) is 0 Å². The van der Waals surface area contributed by atoms with Gasteiger partial charge in [0, 0.05) is 17.9 Å². The van der Waals surface area contributed by atoms with Gasteiger partial charge >= 0.3 is 0 Å². The minimum Gasteiger partial charge on any atom is -0.487 e. The molecule has 0 heterocycles. The average molecular weight is 323 g/mol. The second-order valence-electron chi connectivity index (χ2n) is 4.23. The molecule has 0 spiro atoms. The molecule has 0 aliphatic heterocycles. The molecule has 0 amide bonds. The number of para-hydroxylation sites is 1. The molecular formula is C17H13Cl2FO. The Hall–Kier alpha value is -1.69. The molecule has 0 atom stereocenters. The largest absolute Gasteiger partial charge is 0.487 e. The van der Waals surface area contributed by atoms with Crippen LogP contribution in [-0.4, -0.2) is 5.88 Å². The van der Waals surface area contributed by atoms with Crippen molar-refractivity contribution in [1.82, 2.24) is 0 Å². The third-order valence-corrected chi connectivity index (χ3v) is 3.31. The van der Waals surface area contributed by atoms with Crippen LogP contribution >= 0.6 is 23.2 Å². The smallest absolute Gasteiger partial charge is 0.135 e. The van der Waals surface area contributed by atoms with Crippen LogP contribution in [0.25, 0.3) is 0 Å². The van der Waals surface area contributed by atoms with Gasteiger partial charge in [0.25, 0.3) is 0 Å². The summed E-state index contributed by atoms with van der Waals surface area (Å²) >= 11 is 11.6. The molecule has 0 aliphatic carbocycles. The van der Waals surface area contributed by atoms with Crippen molar-refractivity contribution in [3.8, 4) is 17.6 Å². The highest BCUT2D eigenvalue weighted by Crippen LogP contribution is 2.23. The zero-order valence-corrected chi connectivity index (χ0v) is 12.7. The Labute approximate surface area is 133 Å². The zero-order valence-electron chi connectivity index (χ0n) is 11.2. The first-order valence-corrected chi connectivity index (χ1v) is 7.33. The molecule has 1 nitrogen and oxygen atoms in total. The number of hydrogen-bond donors (Lipinski definition) is 0. The monoisotopic (exact) mass is 322 g/mol. The molecule has 0 radical (unpaired) electrons. The van der Waals surface area contributed by atoms with Gasteiger partial charge in [-0.15, -0.1) is 11.6 Å². The molecular weight excluding hydrogens is 310 g/mol. The number of rotatable bonds is 4. The molecule has 4 heteroatoms. The van der Waals surface area contributed by atoms with Crippen molar-refractivity contribution in [3.05, 3.63) is 64.4 Å². The number of alkyl halides is 1. The maximum atomic E-state index is 13.7. The van der Waals surface area contributed by atoms with Gasteiger partial charge in [-0.05, 0) is 24.3 Å². The molecule has 2 rings (SSSR count). The van der Waals surface area contributed by atoms with Crippen LogP contribution < -0.4 is 4.74 Å². The van der Waals surface area contributed by atoms with Gasteiger partial charge in [0.1, 0.15) is 18.2 Å². The van der Waals surface area contributed by atoms with E-state index >= 15 is 0 Å². The summed E-state index contributed by atoms with van der Waals surface area (Å²) in [5, 5.41) is 0.348. The number of hydrogen-bond acceptors (Lipinski definition) is 1. The lowest BCUT2D eigenvalue weighted by molar-refractivity contribution is 0.299. The van der Waals surface area contributed by atoms with Crippen molar-refractivity contribution in [2.24, 2.45) is 0 Å². The van der Waals surface area contributed by atoms with E-state index in [9.17, 15) is 4.39 Å². The van der Waals surface area contributed by atoms with E-state index in [0.717, 1.165) is 5.56 Å². The van der Waals surface area contributed by atoms with Gasteiger partial charge in [-0.25, -0.2) is 4.39 Å². The highest BCUT2D eigenvalue weighted by atomic mass is 35.5. The standard InChI is InChI=1S/C17H13Cl2FO/c18-11-4-3-7-13-6-1-2-10-17(13)21-12-14-15(19)8-5-9-16(14)20/h1-2,5-6,8-10H,4,11-12H2. The highest BCUT2D eigenvalue weighted by molar-refractivity contribution is 6.31. The van der Waals surface area contributed by atoms with Crippen molar-refractivity contribution in [2.75, 3.05) is 5.88 Å². The van der Waals surface area contributed by atoms with Crippen molar-refractivity contribution in [2.45, 2.75) is 13.0 Å². The van der Waals surface area contributed by atoms with E-state index < -0.39 is 0 Å². The predicted molar refractivity (Wildman–Crippen MR) is 84.4 cm³/mol. The number of halogens is 3. The van der Waals surface area contributed by atoms with E-state index in [-0.39, 0.29) is 12.4 Å². The predicted octanol–water partition coefficient (Wildman–Crippen LogP) is 5.04. The molecule has 0 aromatic heterocycles. The van der Waals surface area contributed by atoms with Crippen LogP contribution in [0.3, 0.4) is 0 Å². The van der Waals surface area contributed by atoms with E-state index in [1.165, 1.54) is 6.07 Å². The maximum Gasteiger partial charge on any atom is 0.135 e. The summed E-state index contributed by atoms with van der Waals surface area (Å²) in [4.78, 5) is 0. The third-order valence-electron chi connectivity index (χ3n) is 2.76. The quantitative estimate of drug-likeness (QED) is 0.566. The molecule has 21 heavy (non-hydrogen) atoms. The summed E-state index contributed by atoms with van der Waals surface area (Å²) in [7, 11) is 0. The van der Waals surface area contributed by atoms with Gasteiger partial charge in [-0.3, -0.25) is 0 Å². The highest BCUT2D eigenvalue weighted by Gasteiger charge is 2.08. The number of ether oxygens (including phenoxy) is 1. The minimum atomic E-state index is -0.381. The molecule has 2 aromatic carbocycles. The second kappa shape index (κ2) is 7.93. The summed E-state index contributed by atoms with van der Waals surface area (Å²) < 4.78 is 19.4. The lowest BCUT2D eigenvalue weighted by Gasteiger charge is -2.10. The Morgan fingerprint density at radius 1 is 1.10 bits per heavy atom. The molecule has 0 aliphatic rings. The van der Waals surface area contributed by atoms with Crippen LogP contribution in [0, 0.1) is 17.7 Å². The van der Waals surface area contributed by atoms with Crippen LogP contribution in [0.2, 0.25) is 5.02 Å². The van der Waals surface area contributed by atoms with Crippen LogP contribution in [-0.2, 0) is 6.61 Å². The van der Waals surface area contributed by atoms with Crippen LogP contribution in [0.5, 0.6) is 5.75 Å². The summed E-state index contributed by atoms with van der Waals surface area (Å²) in [5.74, 6) is 6.65. The second-order valence-corrected chi connectivity index (χ2v) is 5.01. The van der Waals surface area contributed by atoms with E-state index in [4.69, 9.17) is 27.9 Å². The van der Waals surface area contributed by atoms with Gasteiger partial charge < -0.3 is 4.74 Å². The summed E-state index contributed by atoms with van der Waals surface area (Å²) in [5.41, 5.74) is 1.08. The Bertz CT molecular complexity index is 654. The van der Waals surface area contributed by atoms with Crippen LogP contribution in [0.4, 0.5) is 4.39 Å². The SMILES string of the molecule is Fc1cccc(Cl)c1COc1ccccc1C#CCCCl. The molecule has 0 N–H and O–H groups in total. The fourth-order valence-electron chi connectivity index (χ4n) is 1.72. The van der Waals surface area contributed by atoms with Crippen LogP contribution in [0.15, 0.2) is 42.5 Å². The molecule has 2 aromatic rings. The van der Waals surface area contributed by atoms with E-state index in [1.807, 2.05) is 18.2 Å². The molecule has 108 valence electrons. The van der Waals surface area contributed by atoms with E-state index in [1.54, 1.807) is 18.2 Å². The normalized spacial score (nSPS) is 9.86. The van der Waals surface area contributed by atoms with Crippen LogP contribution in [0.1, 0.15) is 17.5 Å². The van der Waals surface area contributed by atoms with Crippen molar-refractivity contribution in [1.29, 1.82) is 0 Å². The lowest BCUT2D eigenvalue weighted by Crippen LogP contribution is -2.00. The van der Waals surface area contributed by atoms with E-state index in [2.05, 4.69) is 11.8 Å². The third kappa shape index (κ3) is 4.39. The minimum absolute atomic E-state index is 0.0553. The first kappa shape index (κ1) is 15.7. The van der Waals surface area contributed by atoms with Gasteiger partial charge in [-0.2, -0.15) is 0 Å². The summed E-state index contributed by atoms with van der Waals surface area (Å²) in [6.07, 6.45) is 0.606. The zero-order chi connectivity index (χ0) is 15.1.